The van der Waals surface area contributed by atoms with Gasteiger partial charge < -0.3 is 5.32 Å². The van der Waals surface area contributed by atoms with Crippen LogP contribution in [-0.4, -0.2) is 5.91 Å². The Balaban J connectivity index is 2.08. The summed E-state index contributed by atoms with van der Waals surface area (Å²) in [6.07, 6.45) is 0. The van der Waals surface area contributed by atoms with Gasteiger partial charge in [0.2, 0.25) is 0 Å². The third kappa shape index (κ3) is 3.64. The number of nitrogens with one attached hydrogen (secondary N) is 1. The largest absolute Gasteiger partial charge is 0.346 e. The number of amides is 1. The van der Waals surface area contributed by atoms with Crippen molar-refractivity contribution in [3.8, 4) is 0 Å². The van der Waals surface area contributed by atoms with Gasteiger partial charge in [0.05, 0.1) is 6.04 Å². The van der Waals surface area contributed by atoms with Crippen LogP contribution in [0.4, 0.5) is 4.39 Å². The van der Waals surface area contributed by atoms with E-state index >= 15 is 0 Å². The highest BCUT2D eigenvalue weighted by Gasteiger charge is 2.11. The van der Waals surface area contributed by atoms with Crippen molar-refractivity contribution in [1.82, 2.24) is 5.32 Å². The standard InChI is InChI=1S/C15H13BrFNO/c1-10(11-5-7-14(17)8-6-11)18-15(19)12-3-2-4-13(16)9-12/h2-10H,1H3,(H,18,19)/t10-/m0/s1. The van der Waals surface area contributed by atoms with Gasteiger partial charge >= 0.3 is 0 Å². The highest BCUT2D eigenvalue weighted by molar-refractivity contribution is 9.10. The summed E-state index contributed by atoms with van der Waals surface area (Å²) in [5.41, 5.74) is 1.45. The van der Waals surface area contributed by atoms with Crippen LogP contribution in [0.5, 0.6) is 0 Å². The summed E-state index contributed by atoms with van der Waals surface area (Å²) >= 11 is 3.33. The van der Waals surface area contributed by atoms with Crippen molar-refractivity contribution in [3.63, 3.8) is 0 Å². The number of hydrogen-bond acceptors (Lipinski definition) is 1. The number of hydrogen-bond donors (Lipinski definition) is 1. The molecule has 2 aromatic rings. The highest BCUT2D eigenvalue weighted by Crippen LogP contribution is 2.15. The Kier molecular flexibility index (Phi) is 4.32. The second kappa shape index (κ2) is 5.97. The molecule has 1 N–H and O–H groups in total. The number of carbonyl (C=O) groups is 1. The second-order valence-electron chi connectivity index (χ2n) is 4.26. The van der Waals surface area contributed by atoms with Gasteiger partial charge in [-0.15, -0.1) is 0 Å². The van der Waals surface area contributed by atoms with Crippen molar-refractivity contribution in [3.05, 3.63) is 69.9 Å². The molecule has 0 saturated heterocycles. The van der Waals surface area contributed by atoms with Gasteiger partial charge in [-0.05, 0) is 42.8 Å². The van der Waals surface area contributed by atoms with E-state index in [-0.39, 0.29) is 17.8 Å². The lowest BCUT2D eigenvalue weighted by molar-refractivity contribution is 0.0940. The molecule has 0 aliphatic rings. The zero-order chi connectivity index (χ0) is 13.8. The Hall–Kier alpha value is -1.68. The van der Waals surface area contributed by atoms with E-state index < -0.39 is 0 Å². The first-order valence-corrected chi connectivity index (χ1v) is 6.67. The SMILES string of the molecule is C[C@H](NC(=O)c1cccc(Br)c1)c1ccc(F)cc1. The molecule has 0 aliphatic carbocycles. The molecular formula is C15H13BrFNO. The summed E-state index contributed by atoms with van der Waals surface area (Å²) in [4.78, 5) is 12.0. The Labute approximate surface area is 119 Å². The van der Waals surface area contributed by atoms with Gasteiger partial charge in [-0.3, -0.25) is 4.79 Å². The summed E-state index contributed by atoms with van der Waals surface area (Å²) in [6, 6.07) is 13.1. The lowest BCUT2D eigenvalue weighted by Gasteiger charge is -2.14. The maximum Gasteiger partial charge on any atom is 0.251 e. The van der Waals surface area contributed by atoms with E-state index in [1.165, 1.54) is 12.1 Å². The van der Waals surface area contributed by atoms with Crippen LogP contribution in [0, 0.1) is 5.82 Å². The van der Waals surface area contributed by atoms with E-state index in [9.17, 15) is 9.18 Å². The molecule has 19 heavy (non-hydrogen) atoms. The summed E-state index contributed by atoms with van der Waals surface area (Å²) in [7, 11) is 0. The van der Waals surface area contributed by atoms with E-state index in [0.29, 0.717) is 5.56 Å². The fourth-order valence-electron chi connectivity index (χ4n) is 1.74. The lowest BCUT2D eigenvalue weighted by atomic mass is 10.1. The molecule has 0 heterocycles. The van der Waals surface area contributed by atoms with Gasteiger partial charge in [0.25, 0.3) is 5.91 Å². The van der Waals surface area contributed by atoms with E-state index in [1.54, 1.807) is 24.3 Å². The molecular weight excluding hydrogens is 309 g/mol. The number of benzene rings is 2. The average molecular weight is 322 g/mol. The first-order valence-electron chi connectivity index (χ1n) is 5.88. The smallest absolute Gasteiger partial charge is 0.251 e. The van der Waals surface area contributed by atoms with Crippen LogP contribution in [0.3, 0.4) is 0 Å². The molecule has 0 aliphatic heterocycles. The molecule has 2 nitrogen and oxygen atoms in total. The van der Waals surface area contributed by atoms with Crippen molar-refractivity contribution in [1.29, 1.82) is 0 Å². The molecule has 2 rings (SSSR count). The quantitative estimate of drug-likeness (QED) is 0.906. The van der Waals surface area contributed by atoms with Gasteiger partial charge in [0.15, 0.2) is 0 Å². The minimum absolute atomic E-state index is 0.155. The molecule has 0 radical (unpaired) electrons. The number of carbonyl (C=O) groups excluding carboxylic acids is 1. The number of rotatable bonds is 3. The van der Waals surface area contributed by atoms with Crippen molar-refractivity contribution < 1.29 is 9.18 Å². The fourth-order valence-corrected chi connectivity index (χ4v) is 2.14. The zero-order valence-corrected chi connectivity index (χ0v) is 11.9. The molecule has 2 aromatic carbocycles. The monoisotopic (exact) mass is 321 g/mol. The van der Waals surface area contributed by atoms with E-state index in [2.05, 4.69) is 21.2 Å². The van der Waals surface area contributed by atoms with Crippen LogP contribution in [0.15, 0.2) is 53.0 Å². The predicted molar refractivity (Wildman–Crippen MR) is 76.4 cm³/mol. The third-order valence-corrected chi connectivity index (χ3v) is 3.30. The van der Waals surface area contributed by atoms with Crippen molar-refractivity contribution in [2.24, 2.45) is 0 Å². The molecule has 0 saturated carbocycles. The normalized spacial score (nSPS) is 11.9. The minimum atomic E-state index is -0.283. The molecule has 98 valence electrons. The van der Waals surface area contributed by atoms with E-state index in [0.717, 1.165) is 10.0 Å². The Morgan fingerprint density at radius 3 is 2.53 bits per heavy atom. The van der Waals surface area contributed by atoms with Gasteiger partial charge in [0.1, 0.15) is 5.82 Å². The average Bonchev–Trinajstić information content (AvgIpc) is 2.39. The summed E-state index contributed by atoms with van der Waals surface area (Å²) in [5, 5.41) is 2.88. The topological polar surface area (TPSA) is 29.1 Å². The summed E-state index contributed by atoms with van der Waals surface area (Å²) < 4.78 is 13.7. The Bertz CT molecular complexity index is 583. The first kappa shape index (κ1) is 13.7. The lowest BCUT2D eigenvalue weighted by Crippen LogP contribution is -2.26. The van der Waals surface area contributed by atoms with E-state index in [4.69, 9.17) is 0 Å². The van der Waals surface area contributed by atoms with Crippen LogP contribution in [0.25, 0.3) is 0 Å². The predicted octanol–water partition coefficient (Wildman–Crippen LogP) is 4.08. The molecule has 0 unspecified atom stereocenters. The third-order valence-electron chi connectivity index (χ3n) is 2.80. The Morgan fingerprint density at radius 1 is 1.21 bits per heavy atom. The zero-order valence-electron chi connectivity index (χ0n) is 10.4. The molecule has 0 fully saturated rings. The van der Waals surface area contributed by atoms with Gasteiger partial charge in [-0.25, -0.2) is 4.39 Å². The molecule has 0 bridgehead atoms. The van der Waals surface area contributed by atoms with Gasteiger partial charge in [-0.1, -0.05) is 34.1 Å². The van der Waals surface area contributed by atoms with Gasteiger partial charge in [0, 0.05) is 10.0 Å². The van der Waals surface area contributed by atoms with Gasteiger partial charge in [-0.2, -0.15) is 0 Å². The van der Waals surface area contributed by atoms with Crippen LogP contribution < -0.4 is 5.32 Å². The van der Waals surface area contributed by atoms with Crippen molar-refractivity contribution in [2.75, 3.05) is 0 Å². The molecule has 4 heteroatoms. The van der Waals surface area contributed by atoms with Crippen molar-refractivity contribution >= 4 is 21.8 Å². The fraction of sp³-hybridized carbons (Fsp3) is 0.133. The second-order valence-corrected chi connectivity index (χ2v) is 5.17. The maximum absolute atomic E-state index is 12.8. The number of halogens is 2. The van der Waals surface area contributed by atoms with Crippen LogP contribution >= 0.6 is 15.9 Å². The Morgan fingerprint density at radius 2 is 1.89 bits per heavy atom. The van der Waals surface area contributed by atoms with Crippen LogP contribution in [-0.2, 0) is 0 Å². The summed E-state index contributed by atoms with van der Waals surface area (Å²) in [6.45, 7) is 1.86. The molecule has 1 amide bonds. The molecule has 0 spiro atoms. The molecule has 1 atom stereocenters. The van der Waals surface area contributed by atoms with Crippen molar-refractivity contribution in [2.45, 2.75) is 13.0 Å². The van der Waals surface area contributed by atoms with Crippen LogP contribution in [0.1, 0.15) is 28.9 Å². The van der Waals surface area contributed by atoms with Crippen LogP contribution in [0.2, 0.25) is 0 Å². The van der Waals surface area contributed by atoms with E-state index in [1.807, 2.05) is 19.1 Å². The summed E-state index contributed by atoms with van der Waals surface area (Å²) in [5.74, 6) is -0.438. The minimum Gasteiger partial charge on any atom is -0.346 e. The maximum atomic E-state index is 12.8. The molecule has 0 aromatic heterocycles. The highest BCUT2D eigenvalue weighted by atomic mass is 79.9. The first-order chi connectivity index (χ1) is 9.06.